The maximum Gasteiger partial charge on any atom is 0.352 e. The Balaban J connectivity index is 2.37. The largest absolute Gasteiger partial charge is 0.497 e. The predicted octanol–water partition coefficient (Wildman–Crippen LogP) is 4.91. The summed E-state index contributed by atoms with van der Waals surface area (Å²) in [4.78, 5) is 31.3. The van der Waals surface area contributed by atoms with E-state index in [0.717, 1.165) is 19.3 Å². The zero-order valence-corrected chi connectivity index (χ0v) is 17.4. The first-order chi connectivity index (χ1) is 12.9. The standard InChI is InChI=1S/C20H34NO5P/c1-3-4-5-6-7-8-9-10-11-12-19(22)21-20(27(23,24)25)17-13-15-18(26-2)16-14-17/h13-16,20H,3-12H2,1-2H3,(H,21,22)(H2,23,24,25). The molecule has 1 aromatic rings. The minimum atomic E-state index is -4.51. The molecule has 0 saturated heterocycles. The fourth-order valence-electron chi connectivity index (χ4n) is 2.97. The molecule has 6 nitrogen and oxygen atoms in total. The van der Waals surface area contributed by atoms with Crippen LogP contribution in [0.2, 0.25) is 0 Å². The number of rotatable bonds is 14. The van der Waals surface area contributed by atoms with E-state index in [2.05, 4.69) is 12.2 Å². The molecule has 0 aliphatic carbocycles. The van der Waals surface area contributed by atoms with E-state index in [4.69, 9.17) is 4.74 Å². The highest BCUT2D eigenvalue weighted by molar-refractivity contribution is 7.52. The van der Waals surface area contributed by atoms with Crippen molar-refractivity contribution >= 4 is 13.5 Å². The highest BCUT2D eigenvalue weighted by Gasteiger charge is 2.31. The molecule has 0 radical (unpaired) electrons. The summed E-state index contributed by atoms with van der Waals surface area (Å²) in [5, 5.41) is 2.49. The van der Waals surface area contributed by atoms with Crippen LogP contribution in [0.15, 0.2) is 24.3 Å². The fourth-order valence-corrected chi connectivity index (χ4v) is 3.84. The summed E-state index contributed by atoms with van der Waals surface area (Å²) in [6.07, 6.45) is 10.6. The van der Waals surface area contributed by atoms with E-state index in [0.29, 0.717) is 11.3 Å². The lowest BCUT2D eigenvalue weighted by Crippen LogP contribution is -2.28. The molecule has 3 N–H and O–H groups in total. The van der Waals surface area contributed by atoms with Crippen molar-refractivity contribution in [2.24, 2.45) is 0 Å². The molecule has 1 aromatic carbocycles. The molecule has 27 heavy (non-hydrogen) atoms. The van der Waals surface area contributed by atoms with Crippen molar-refractivity contribution in [3.8, 4) is 5.75 Å². The lowest BCUT2D eigenvalue weighted by Gasteiger charge is -2.20. The van der Waals surface area contributed by atoms with Crippen molar-refractivity contribution in [1.82, 2.24) is 5.32 Å². The molecule has 1 unspecified atom stereocenters. The van der Waals surface area contributed by atoms with Gasteiger partial charge in [-0.25, -0.2) is 0 Å². The molecule has 1 rings (SSSR count). The molecule has 1 atom stereocenters. The van der Waals surface area contributed by atoms with E-state index in [1.54, 1.807) is 24.3 Å². The molecule has 0 aliphatic heterocycles. The summed E-state index contributed by atoms with van der Waals surface area (Å²) < 4.78 is 16.8. The number of amides is 1. The van der Waals surface area contributed by atoms with E-state index >= 15 is 0 Å². The van der Waals surface area contributed by atoms with Crippen molar-refractivity contribution in [3.63, 3.8) is 0 Å². The number of carbonyl (C=O) groups excluding carboxylic acids is 1. The minimum absolute atomic E-state index is 0.280. The number of carbonyl (C=O) groups is 1. The molecule has 0 bridgehead atoms. The first kappa shape index (κ1) is 23.7. The van der Waals surface area contributed by atoms with Crippen molar-refractivity contribution in [1.29, 1.82) is 0 Å². The molecular weight excluding hydrogens is 365 g/mol. The van der Waals surface area contributed by atoms with Gasteiger partial charge < -0.3 is 19.8 Å². The van der Waals surface area contributed by atoms with Gasteiger partial charge >= 0.3 is 7.60 Å². The average molecular weight is 399 g/mol. The Labute approximate surface area is 162 Å². The van der Waals surface area contributed by atoms with Crippen LogP contribution in [0.4, 0.5) is 0 Å². The van der Waals surface area contributed by atoms with Crippen molar-refractivity contribution < 1.29 is 23.9 Å². The van der Waals surface area contributed by atoms with Gasteiger partial charge in [0.25, 0.3) is 0 Å². The molecule has 0 aliphatic rings. The molecule has 0 fully saturated rings. The van der Waals surface area contributed by atoms with Gasteiger partial charge in [-0.05, 0) is 24.1 Å². The van der Waals surface area contributed by atoms with Gasteiger partial charge in [-0.3, -0.25) is 9.36 Å². The number of methoxy groups -OCH3 is 1. The highest BCUT2D eigenvalue weighted by Crippen LogP contribution is 2.50. The van der Waals surface area contributed by atoms with E-state index in [-0.39, 0.29) is 12.3 Å². The van der Waals surface area contributed by atoms with Crippen LogP contribution >= 0.6 is 7.60 Å². The van der Waals surface area contributed by atoms with Crippen LogP contribution in [-0.4, -0.2) is 22.8 Å². The number of benzene rings is 1. The Hall–Kier alpha value is -1.36. The van der Waals surface area contributed by atoms with Crippen molar-refractivity contribution in [2.75, 3.05) is 7.11 Å². The average Bonchev–Trinajstić information content (AvgIpc) is 2.64. The Morgan fingerprint density at radius 3 is 2.00 bits per heavy atom. The normalized spacial score (nSPS) is 12.6. The summed E-state index contributed by atoms with van der Waals surface area (Å²) in [6.45, 7) is 2.21. The van der Waals surface area contributed by atoms with Gasteiger partial charge in [-0.1, -0.05) is 70.4 Å². The van der Waals surface area contributed by atoms with Crippen LogP contribution in [-0.2, 0) is 9.36 Å². The summed E-state index contributed by atoms with van der Waals surface area (Å²) >= 11 is 0. The smallest absolute Gasteiger partial charge is 0.352 e. The van der Waals surface area contributed by atoms with Gasteiger partial charge in [-0.15, -0.1) is 0 Å². The third-order valence-electron chi connectivity index (χ3n) is 4.57. The molecule has 154 valence electrons. The Morgan fingerprint density at radius 1 is 1.00 bits per heavy atom. The third kappa shape index (κ3) is 9.94. The number of nitrogens with one attached hydrogen (secondary N) is 1. The molecule has 7 heteroatoms. The molecule has 0 aromatic heterocycles. The number of ether oxygens (including phenoxy) is 1. The number of hydrogen-bond acceptors (Lipinski definition) is 3. The topological polar surface area (TPSA) is 95.9 Å². The van der Waals surface area contributed by atoms with Crippen LogP contribution in [0, 0.1) is 0 Å². The minimum Gasteiger partial charge on any atom is -0.497 e. The molecular formula is C20H34NO5P. The number of unbranched alkanes of at least 4 members (excludes halogenated alkanes) is 8. The summed E-state index contributed by atoms with van der Waals surface area (Å²) in [5.41, 5.74) is 0.365. The van der Waals surface area contributed by atoms with E-state index in [1.807, 2.05) is 0 Å². The molecule has 0 saturated carbocycles. The Kier molecular flexibility index (Phi) is 11.3. The first-order valence-corrected chi connectivity index (χ1v) is 11.5. The SMILES string of the molecule is CCCCCCCCCCCC(=O)NC(c1ccc(OC)cc1)P(=O)(O)O. The van der Waals surface area contributed by atoms with Gasteiger partial charge in [0, 0.05) is 6.42 Å². The predicted molar refractivity (Wildman–Crippen MR) is 108 cm³/mol. The molecule has 1 amide bonds. The first-order valence-electron chi connectivity index (χ1n) is 9.87. The third-order valence-corrected chi connectivity index (χ3v) is 5.67. The van der Waals surface area contributed by atoms with E-state index in [9.17, 15) is 19.1 Å². The van der Waals surface area contributed by atoms with Gasteiger partial charge in [0.05, 0.1) is 7.11 Å². The van der Waals surface area contributed by atoms with Crippen LogP contribution < -0.4 is 10.1 Å². The van der Waals surface area contributed by atoms with E-state index < -0.39 is 13.4 Å². The molecule has 0 heterocycles. The van der Waals surface area contributed by atoms with Gasteiger partial charge in [0.15, 0.2) is 5.78 Å². The lowest BCUT2D eigenvalue weighted by atomic mass is 10.1. The Morgan fingerprint density at radius 2 is 1.52 bits per heavy atom. The lowest BCUT2D eigenvalue weighted by molar-refractivity contribution is -0.121. The van der Waals surface area contributed by atoms with Crippen LogP contribution in [0.5, 0.6) is 5.75 Å². The van der Waals surface area contributed by atoms with Crippen LogP contribution in [0.3, 0.4) is 0 Å². The van der Waals surface area contributed by atoms with E-state index in [1.165, 1.54) is 45.6 Å². The Bertz CT molecular complexity index is 585. The monoisotopic (exact) mass is 399 g/mol. The summed E-state index contributed by atoms with van der Waals surface area (Å²) in [7, 11) is -3.00. The quantitative estimate of drug-likeness (QED) is 0.305. The second-order valence-corrected chi connectivity index (χ2v) is 8.61. The van der Waals surface area contributed by atoms with Crippen molar-refractivity contribution in [2.45, 2.75) is 76.9 Å². The van der Waals surface area contributed by atoms with Crippen LogP contribution in [0.1, 0.15) is 82.5 Å². The second-order valence-electron chi connectivity index (χ2n) is 6.91. The summed E-state index contributed by atoms with van der Waals surface area (Å²) in [5.74, 6) is -1.07. The maximum atomic E-state index is 12.1. The zero-order chi connectivity index (χ0) is 20.1. The van der Waals surface area contributed by atoms with Gasteiger partial charge in [0.2, 0.25) is 5.91 Å². The molecule has 0 spiro atoms. The second kappa shape index (κ2) is 12.9. The zero-order valence-electron chi connectivity index (χ0n) is 16.5. The maximum absolute atomic E-state index is 12.1. The highest BCUT2D eigenvalue weighted by atomic mass is 31.2. The van der Waals surface area contributed by atoms with Gasteiger partial charge in [0.1, 0.15) is 5.75 Å². The van der Waals surface area contributed by atoms with Crippen molar-refractivity contribution in [3.05, 3.63) is 29.8 Å². The van der Waals surface area contributed by atoms with Gasteiger partial charge in [-0.2, -0.15) is 0 Å². The fraction of sp³-hybridized carbons (Fsp3) is 0.650. The summed E-state index contributed by atoms with van der Waals surface area (Å²) in [6, 6.07) is 6.35. The number of hydrogen-bond donors (Lipinski definition) is 3. The van der Waals surface area contributed by atoms with Crippen LogP contribution in [0.25, 0.3) is 0 Å².